The third kappa shape index (κ3) is 5.49. The number of fused-ring (bicyclic) bond motifs is 1. The Morgan fingerprint density at radius 1 is 0.865 bits per heavy atom. The van der Waals surface area contributed by atoms with E-state index in [9.17, 15) is 21.6 Å². The van der Waals surface area contributed by atoms with Crippen molar-refractivity contribution in [3.05, 3.63) is 81.8 Å². The Kier molecular flexibility index (Phi) is 7.60. The highest BCUT2D eigenvalue weighted by molar-refractivity contribution is 7.92. The molecule has 1 aliphatic heterocycles. The summed E-state index contributed by atoms with van der Waals surface area (Å²) in [5, 5.41) is 0.445. The van der Waals surface area contributed by atoms with Crippen molar-refractivity contribution in [2.24, 2.45) is 0 Å². The quantitative estimate of drug-likeness (QED) is 0.413. The van der Waals surface area contributed by atoms with E-state index < -0.39 is 32.5 Å². The summed E-state index contributed by atoms with van der Waals surface area (Å²) in [6, 6.07) is 15.2. The Balaban J connectivity index is 1.71. The van der Waals surface area contributed by atoms with E-state index in [1.807, 2.05) is 6.92 Å². The van der Waals surface area contributed by atoms with E-state index in [0.29, 0.717) is 17.7 Å². The molecule has 196 valence electrons. The average Bonchev–Trinajstić information content (AvgIpc) is 3.25. The molecule has 0 saturated carbocycles. The predicted octanol–water partition coefficient (Wildman–Crippen LogP) is 4.34. The van der Waals surface area contributed by atoms with Crippen molar-refractivity contribution < 1.29 is 21.6 Å². The molecule has 3 aromatic rings. The summed E-state index contributed by atoms with van der Waals surface area (Å²) in [4.78, 5) is 15.1. The number of nitrogens with zero attached hydrogens (tertiary/aromatic N) is 3. The molecule has 1 aliphatic rings. The lowest BCUT2D eigenvalue weighted by Gasteiger charge is -2.27. The standard InChI is InChI=1S/C25H25Cl2N3O5S2/c1-17-4-6-22(7-5-17)37(34,35)30(21-14-19(26)13-20(27)15-21)16-25(31)29-11-10-18-12-23(8-9-24(18)29)36(32,33)28(2)3/h4-9,12-15H,10-11,16H2,1-3H3. The molecule has 8 nitrogen and oxygen atoms in total. The summed E-state index contributed by atoms with van der Waals surface area (Å²) in [5.74, 6) is -0.478. The van der Waals surface area contributed by atoms with Crippen LogP contribution in [0.1, 0.15) is 11.1 Å². The normalized spacial score (nSPS) is 13.6. The lowest BCUT2D eigenvalue weighted by molar-refractivity contribution is -0.117. The molecule has 3 aromatic carbocycles. The van der Waals surface area contributed by atoms with Gasteiger partial charge < -0.3 is 4.90 Å². The first kappa shape index (κ1) is 27.4. The van der Waals surface area contributed by atoms with Gasteiger partial charge in [0.1, 0.15) is 6.54 Å². The van der Waals surface area contributed by atoms with E-state index >= 15 is 0 Å². The minimum atomic E-state index is -4.16. The molecule has 0 aromatic heterocycles. The molecule has 0 saturated heterocycles. The molecular formula is C25H25Cl2N3O5S2. The smallest absolute Gasteiger partial charge is 0.264 e. The van der Waals surface area contributed by atoms with Crippen LogP contribution in [0.15, 0.2) is 70.5 Å². The minimum absolute atomic E-state index is 0.0161. The van der Waals surface area contributed by atoms with Gasteiger partial charge in [0.2, 0.25) is 15.9 Å². The number of hydrogen-bond acceptors (Lipinski definition) is 5. The number of anilines is 2. The molecule has 0 unspecified atom stereocenters. The van der Waals surface area contributed by atoms with Crippen LogP contribution in [0.2, 0.25) is 10.0 Å². The Hall–Kier alpha value is -2.63. The van der Waals surface area contributed by atoms with Gasteiger partial charge in [0.25, 0.3) is 10.0 Å². The molecule has 12 heteroatoms. The van der Waals surface area contributed by atoms with Crippen LogP contribution < -0.4 is 9.21 Å². The molecule has 37 heavy (non-hydrogen) atoms. The molecule has 0 aliphatic carbocycles. The van der Waals surface area contributed by atoms with Crippen LogP contribution in [0.5, 0.6) is 0 Å². The van der Waals surface area contributed by atoms with Crippen molar-refractivity contribution >= 4 is 60.5 Å². The first-order valence-corrected chi connectivity index (χ1v) is 14.9. The van der Waals surface area contributed by atoms with E-state index in [1.165, 1.54) is 55.4 Å². The van der Waals surface area contributed by atoms with E-state index in [4.69, 9.17) is 23.2 Å². The van der Waals surface area contributed by atoms with Crippen LogP contribution in [0.25, 0.3) is 0 Å². The summed E-state index contributed by atoms with van der Waals surface area (Å²) in [6.07, 6.45) is 0.436. The SMILES string of the molecule is Cc1ccc(S(=O)(=O)N(CC(=O)N2CCc3cc(S(=O)(=O)N(C)C)ccc32)c2cc(Cl)cc(Cl)c2)cc1. The zero-order chi connectivity index (χ0) is 27.1. The van der Waals surface area contributed by atoms with Gasteiger partial charge in [0, 0.05) is 36.4 Å². The molecule has 0 bridgehead atoms. The van der Waals surface area contributed by atoms with Crippen molar-refractivity contribution in [1.29, 1.82) is 0 Å². The number of carbonyl (C=O) groups is 1. The summed E-state index contributed by atoms with van der Waals surface area (Å²) in [6.45, 7) is 1.62. The van der Waals surface area contributed by atoms with Crippen LogP contribution in [0.4, 0.5) is 11.4 Å². The zero-order valence-electron chi connectivity index (χ0n) is 20.4. The van der Waals surface area contributed by atoms with Gasteiger partial charge >= 0.3 is 0 Å². The number of carbonyl (C=O) groups excluding carboxylic acids is 1. The van der Waals surface area contributed by atoms with Gasteiger partial charge in [0.15, 0.2) is 0 Å². The molecular weight excluding hydrogens is 557 g/mol. The van der Waals surface area contributed by atoms with Gasteiger partial charge in [0.05, 0.1) is 15.5 Å². The van der Waals surface area contributed by atoms with Crippen LogP contribution in [-0.2, 0) is 31.3 Å². The number of aryl methyl sites for hydroxylation is 1. The van der Waals surface area contributed by atoms with Gasteiger partial charge in [-0.2, -0.15) is 0 Å². The van der Waals surface area contributed by atoms with Gasteiger partial charge in [-0.1, -0.05) is 40.9 Å². The van der Waals surface area contributed by atoms with Crippen LogP contribution in [0.3, 0.4) is 0 Å². The third-order valence-corrected chi connectivity index (χ3v) is 10.1. The number of rotatable bonds is 7. The summed E-state index contributed by atoms with van der Waals surface area (Å²) < 4.78 is 54.5. The van der Waals surface area contributed by atoms with E-state index in [-0.39, 0.29) is 32.1 Å². The van der Waals surface area contributed by atoms with Gasteiger partial charge in [-0.3, -0.25) is 9.10 Å². The maximum Gasteiger partial charge on any atom is 0.264 e. The molecule has 1 amide bonds. The maximum absolute atomic E-state index is 13.7. The Bertz CT molecular complexity index is 1550. The number of amides is 1. The zero-order valence-corrected chi connectivity index (χ0v) is 23.5. The predicted molar refractivity (Wildman–Crippen MR) is 146 cm³/mol. The lowest BCUT2D eigenvalue weighted by atomic mass is 10.2. The number of hydrogen-bond donors (Lipinski definition) is 0. The summed E-state index contributed by atoms with van der Waals surface area (Å²) in [7, 11) is -4.90. The molecule has 0 fully saturated rings. The van der Waals surface area contributed by atoms with Crippen molar-refractivity contribution in [2.75, 3.05) is 36.4 Å². The fourth-order valence-electron chi connectivity index (χ4n) is 4.05. The van der Waals surface area contributed by atoms with Crippen molar-refractivity contribution in [2.45, 2.75) is 23.1 Å². The molecule has 0 radical (unpaired) electrons. The molecule has 0 spiro atoms. The number of halogens is 2. The van der Waals surface area contributed by atoms with Gasteiger partial charge in [-0.05, 0) is 67.4 Å². The Labute approximate surface area is 227 Å². The fraction of sp³-hybridized carbons (Fsp3) is 0.240. The Morgan fingerprint density at radius 3 is 2.05 bits per heavy atom. The second-order valence-corrected chi connectivity index (χ2v) is 13.7. The molecule has 0 N–H and O–H groups in total. The van der Waals surface area contributed by atoms with Gasteiger partial charge in [-0.25, -0.2) is 21.1 Å². The largest absolute Gasteiger partial charge is 0.310 e. The maximum atomic E-state index is 13.7. The topological polar surface area (TPSA) is 95.1 Å². The first-order valence-electron chi connectivity index (χ1n) is 11.2. The van der Waals surface area contributed by atoms with Crippen LogP contribution in [-0.4, -0.2) is 54.2 Å². The Morgan fingerprint density at radius 2 is 1.46 bits per heavy atom. The summed E-state index contributed by atoms with van der Waals surface area (Å²) in [5.41, 5.74) is 2.27. The average molecular weight is 583 g/mol. The van der Waals surface area contributed by atoms with E-state index in [0.717, 1.165) is 14.2 Å². The van der Waals surface area contributed by atoms with Gasteiger partial charge in [-0.15, -0.1) is 0 Å². The van der Waals surface area contributed by atoms with Crippen molar-refractivity contribution in [3.8, 4) is 0 Å². The van der Waals surface area contributed by atoms with Crippen molar-refractivity contribution in [3.63, 3.8) is 0 Å². The highest BCUT2D eigenvalue weighted by Crippen LogP contribution is 2.33. The molecule has 1 heterocycles. The van der Waals surface area contributed by atoms with E-state index in [2.05, 4.69) is 0 Å². The molecule has 0 atom stereocenters. The van der Waals surface area contributed by atoms with Crippen LogP contribution in [0, 0.1) is 6.92 Å². The fourth-order valence-corrected chi connectivity index (χ4v) is 6.92. The minimum Gasteiger partial charge on any atom is -0.310 e. The van der Waals surface area contributed by atoms with Crippen LogP contribution >= 0.6 is 23.2 Å². The first-order chi connectivity index (χ1) is 17.3. The van der Waals surface area contributed by atoms with E-state index in [1.54, 1.807) is 24.3 Å². The number of sulfonamides is 2. The second-order valence-electron chi connectivity index (χ2n) is 8.83. The third-order valence-electron chi connectivity index (χ3n) is 6.05. The monoisotopic (exact) mass is 581 g/mol. The summed E-state index contributed by atoms with van der Waals surface area (Å²) >= 11 is 12.3. The second kappa shape index (κ2) is 10.3. The highest BCUT2D eigenvalue weighted by Gasteiger charge is 2.33. The molecule has 4 rings (SSSR count). The number of benzene rings is 3. The lowest BCUT2D eigenvalue weighted by Crippen LogP contribution is -2.42. The van der Waals surface area contributed by atoms with Crippen molar-refractivity contribution in [1.82, 2.24) is 4.31 Å². The highest BCUT2D eigenvalue weighted by atomic mass is 35.5.